The molecule has 1 heterocycles. The van der Waals surface area contributed by atoms with Crippen LogP contribution in [0.3, 0.4) is 0 Å². The Bertz CT molecular complexity index is 827. The van der Waals surface area contributed by atoms with Crippen LogP contribution in [0.15, 0.2) is 45.7 Å². The molecule has 0 bridgehead atoms. The summed E-state index contributed by atoms with van der Waals surface area (Å²) < 4.78 is 24.3. The number of aryl methyl sites for hydroxylation is 1. The van der Waals surface area contributed by atoms with Crippen molar-refractivity contribution in [1.82, 2.24) is 4.83 Å². The lowest BCUT2D eigenvalue weighted by atomic mass is 10.2. The summed E-state index contributed by atoms with van der Waals surface area (Å²) in [5, 5.41) is 16.6. The van der Waals surface area contributed by atoms with Gasteiger partial charge in [0.25, 0.3) is 15.7 Å². The van der Waals surface area contributed by atoms with Crippen LogP contribution in [-0.4, -0.2) is 19.1 Å². The van der Waals surface area contributed by atoms with Crippen LogP contribution in [0.4, 0.5) is 5.69 Å². The van der Waals surface area contributed by atoms with E-state index < -0.39 is 14.9 Å². The summed E-state index contributed by atoms with van der Waals surface area (Å²) in [6.45, 7) is 3.22. The van der Waals surface area contributed by atoms with Crippen molar-refractivity contribution in [3.8, 4) is 0 Å². The Morgan fingerprint density at radius 2 is 2.09 bits per heavy atom. The average Bonchev–Trinajstić information content (AvgIpc) is 2.99. The van der Waals surface area contributed by atoms with Crippen molar-refractivity contribution in [2.75, 3.05) is 0 Å². The van der Waals surface area contributed by atoms with E-state index in [9.17, 15) is 18.5 Å². The molecule has 0 spiro atoms. The van der Waals surface area contributed by atoms with Crippen LogP contribution in [0.5, 0.6) is 0 Å². The number of nitrogens with zero attached hydrogens (tertiary/aromatic N) is 2. The van der Waals surface area contributed by atoms with Gasteiger partial charge in [-0.15, -0.1) is 11.3 Å². The third-order valence-electron chi connectivity index (χ3n) is 2.90. The monoisotopic (exact) mass is 339 g/mol. The Labute approximate surface area is 131 Å². The molecule has 0 amide bonds. The molecule has 0 unspecified atom stereocenters. The molecule has 2 rings (SSSR count). The van der Waals surface area contributed by atoms with Gasteiger partial charge in [-0.2, -0.15) is 18.4 Å². The van der Waals surface area contributed by atoms with E-state index in [1.807, 2.05) is 17.5 Å². The standard InChI is InChI=1S/C13H13N3O4S2/c1-9-5-6-11(8-12(9)16(17)18)22(19,20)15-14-10(2)13-4-3-7-21-13/h3-8,15H,1-2H3/b14-10-. The molecule has 0 aliphatic carbocycles. The Balaban J connectivity index is 2.30. The topological polar surface area (TPSA) is 102 Å². The maximum absolute atomic E-state index is 12.2. The summed E-state index contributed by atoms with van der Waals surface area (Å²) in [7, 11) is -3.96. The summed E-state index contributed by atoms with van der Waals surface area (Å²) in [5.41, 5.74) is 0.657. The van der Waals surface area contributed by atoms with Gasteiger partial charge in [-0.3, -0.25) is 10.1 Å². The zero-order chi connectivity index (χ0) is 16.3. The minimum atomic E-state index is -3.96. The van der Waals surface area contributed by atoms with E-state index in [2.05, 4.69) is 9.93 Å². The van der Waals surface area contributed by atoms with Crippen LogP contribution in [0.25, 0.3) is 0 Å². The summed E-state index contributed by atoms with van der Waals surface area (Å²) in [6, 6.07) is 7.36. The number of rotatable bonds is 5. The molecule has 0 fully saturated rings. The molecule has 1 aromatic heterocycles. The fourth-order valence-electron chi connectivity index (χ4n) is 1.67. The van der Waals surface area contributed by atoms with E-state index >= 15 is 0 Å². The SMILES string of the molecule is C/C(=N/NS(=O)(=O)c1ccc(C)c([N+](=O)[O-])c1)c1cccs1. The summed E-state index contributed by atoms with van der Waals surface area (Å²) in [4.78, 5) is 13.0. The fourth-order valence-corrected chi connectivity index (χ4v) is 3.23. The van der Waals surface area contributed by atoms with Crippen LogP contribution >= 0.6 is 11.3 Å². The van der Waals surface area contributed by atoms with Crippen molar-refractivity contribution in [3.05, 3.63) is 56.3 Å². The quantitative estimate of drug-likeness (QED) is 0.514. The fraction of sp³-hybridized carbons (Fsp3) is 0.154. The van der Waals surface area contributed by atoms with E-state index in [1.165, 1.54) is 23.5 Å². The Morgan fingerprint density at radius 1 is 1.36 bits per heavy atom. The number of nitrogens with one attached hydrogen (secondary N) is 1. The second-order valence-corrected chi connectivity index (χ2v) is 7.08. The number of hydrogen-bond donors (Lipinski definition) is 1. The van der Waals surface area contributed by atoms with Crippen molar-refractivity contribution in [2.24, 2.45) is 5.10 Å². The maximum Gasteiger partial charge on any atom is 0.276 e. The van der Waals surface area contributed by atoms with Crippen LogP contribution in [-0.2, 0) is 10.0 Å². The van der Waals surface area contributed by atoms with E-state index in [0.29, 0.717) is 11.3 Å². The molecule has 1 N–H and O–H groups in total. The molecule has 0 radical (unpaired) electrons. The minimum absolute atomic E-state index is 0.201. The lowest BCUT2D eigenvalue weighted by molar-refractivity contribution is -0.385. The molecule has 22 heavy (non-hydrogen) atoms. The van der Waals surface area contributed by atoms with Gasteiger partial charge < -0.3 is 0 Å². The molecular formula is C13H13N3O4S2. The number of nitro benzene ring substituents is 1. The van der Waals surface area contributed by atoms with Crippen molar-refractivity contribution < 1.29 is 13.3 Å². The van der Waals surface area contributed by atoms with Gasteiger partial charge in [-0.1, -0.05) is 12.1 Å². The smallest absolute Gasteiger partial charge is 0.258 e. The molecular weight excluding hydrogens is 326 g/mol. The van der Waals surface area contributed by atoms with E-state index in [1.54, 1.807) is 13.8 Å². The van der Waals surface area contributed by atoms with Crippen LogP contribution < -0.4 is 4.83 Å². The van der Waals surface area contributed by atoms with Crippen LogP contribution in [0.2, 0.25) is 0 Å². The average molecular weight is 339 g/mol. The number of thiophene rings is 1. The van der Waals surface area contributed by atoms with Crippen LogP contribution in [0.1, 0.15) is 17.4 Å². The number of sulfonamides is 1. The predicted molar refractivity (Wildman–Crippen MR) is 84.7 cm³/mol. The first-order valence-electron chi connectivity index (χ1n) is 6.16. The Morgan fingerprint density at radius 3 is 2.68 bits per heavy atom. The van der Waals surface area contributed by atoms with Crippen LogP contribution in [0, 0.1) is 17.0 Å². The summed E-state index contributed by atoms with van der Waals surface area (Å²) >= 11 is 1.43. The molecule has 2 aromatic rings. The third-order valence-corrected chi connectivity index (χ3v) is 5.08. The molecule has 116 valence electrons. The van der Waals surface area contributed by atoms with Crippen molar-refractivity contribution >= 4 is 32.8 Å². The zero-order valence-electron chi connectivity index (χ0n) is 11.8. The number of benzene rings is 1. The highest BCUT2D eigenvalue weighted by molar-refractivity contribution is 7.89. The highest BCUT2D eigenvalue weighted by atomic mass is 32.2. The van der Waals surface area contributed by atoms with Gasteiger partial charge in [0.15, 0.2) is 0 Å². The van der Waals surface area contributed by atoms with Crippen molar-refractivity contribution in [2.45, 2.75) is 18.7 Å². The largest absolute Gasteiger partial charge is 0.276 e. The molecule has 7 nitrogen and oxygen atoms in total. The first-order chi connectivity index (χ1) is 10.3. The molecule has 0 saturated heterocycles. The lowest BCUT2D eigenvalue weighted by Crippen LogP contribution is -2.20. The molecule has 0 saturated carbocycles. The molecule has 1 aromatic carbocycles. The Kier molecular flexibility index (Phi) is 4.57. The zero-order valence-corrected chi connectivity index (χ0v) is 13.4. The van der Waals surface area contributed by atoms with Crippen molar-refractivity contribution in [1.29, 1.82) is 0 Å². The summed E-state index contributed by atoms with van der Waals surface area (Å²) in [5.74, 6) is 0. The number of nitro groups is 1. The predicted octanol–water partition coefficient (Wildman–Crippen LogP) is 2.67. The number of hydrazone groups is 1. The minimum Gasteiger partial charge on any atom is -0.258 e. The summed E-state index contributed by atoms with van der Waals surface area (Å²) in [6.07, 6.45) is 0. The normalized spacial score (nSPS) is 12.2. The molecule has 9 heteroatoms. The molecule has 0 aliphatic rings. The lowest BCUT2D eigenvalue weighted by Gasteiger charge is -2.05. The highest BCUT2D eigenvalue weighted by Gasteiger charge is 2.19. The van der Waals surface area contributed by atoms with Gasteiger partial charge in [0.2, 0.25) is 0 Å². The first-order valence-corrected chi connectivity index (χ1v) is 8.52. The van der Waals surface area contributed by atoms with Gasteiger partial charge in [-0.05, 0) is 31.4 Å². The third kappa shape index (κ3) is 3.49. The van der Waals surface area contributed by atoms with Gasteiger partial charge in [0.05, 0.1) is 20.4 Å². The second kappa shape index (κ2) is 6.24. The van der Waals surface area contributed by atoms with Crippen molar-refractivity contribution in [3.63, 3.8) is 0 Å². The van der Waals surface area contributed by atoms with E-state index in [-0.39, 0.29) is 10.6 Å². The van der Waals surface area contributed by atoms with Gasteiger partial charge in [-0.25, -0.2) is 0 Å². The molecule has 0 atom stereocenters. The molecule has 0 aliphatic heterocycles. The van der Waals surface area contributed by atoms with E-state index in [0.717, 1.165) is 10.9 Å². The van der Waals surface area contributed by atoms with Gasteiger partial charge in [0.1, 0.15) is 0 Å². The van der Waals surface area contributed by atoms with E-state index in [4.69, 9.17) is 0 Å². The first kappa shape index (κ1) is 16.1. The Hall–Kier alpha value is -2.26. The number of hydrogen-bond acceptors (Lipinski definition) is 6. The second-order valence-electron chi connectivity index (χ2n) is 4.47. The van der Waals surface area contributed by atoms with Gasteiger partial charge >= 0.3 is 0 Å². The maximum atomic E-state index is 12.2. The van der Waals surface area contributed by atoms with Gasteiger partial charge in [0, 0.05) is 11.6 Å². The highest BCUT2D eigenvalue weighted by Crippen LogP contribution is 2.22.